The lowest BCUT2D eigenvalue weighted by Crippen LogP contribution is -2.32. The van der Waals surface area contributed by atoms with Crippen LogP contribution in [0.4, 0.5) is 10.1 Å². The molecule has 0 heterocycles. The topological polar surface area (TPSA) is 58.2 Å². The first kappa shape index (κ1) is 17.1. The zero-order valence-electron chi connectivity index (χ0n) is 12.5. The maximum Gasteiger partial charge on any atom is 0.243 e. The third-order valence-electron chi connectivity index (χ3n) is 3.08. The second-order valence-electron chi connectivity index (χ2n) is 5.00. The van der Waals surface area contributed by atoms with Crippen molar-refractivity contribution >= 4 is 17.5 Å². The smallest absolute Gasteiger partial charge is 0.243 e. The average Bonchev–Trinajstić information content (AvgIpc) is 2.47. The van der Waals surface area contributed by atoms with Gasteiger partial charge in [-0.05, 0) is 30.7 Å². The molecule has 0 aromatic heterocycles. The molecule has 1 aromatic rings. The summed E-state index contributed by atoms with van der Waals surface area (Å²) in [5.74, 6) is -0.786. The molecular weight excluding hydrogens is 271 g/mol. The number of anilines is 1. The van der Waals surface area contributed by atoms with Gasteiger partial charge in [0.25, 0.3) is 0 Å². The van der Waals surface area contributed by atoms with Crippen molar-refractivity contribution in [3.8, 4) is 0 Å². The van der Waals surface area contributed by atoms with Crippen LogP contribution in [0, 0.1) is 5.82 Å². The molecule has 0 saturated carbocycles. The Morgan fingerprint density at radius 2 is 1.67 bits per heavy atom. The Bertz CT molecular complexity index is 446. The molecule has 4 nitrogen and oxygen atoms in total. The van der Waals surface area contributed by atoms with E-state index in [1.165, 1.54) is 37.1 Å². The van der Waals surface area contributed by atoms with E-state index < -0.39 is 0 Å². The molecule has 0 fully saturated rings. The van der Waals surface area contributed by atoms with Gasteiger partial charge < -0.3 is 10.6 Å². The maximum absolute atomic E-state index is 12.7. The van der Waals surface area contributed by atoms with Crippen molar-refractivity contribution in [3.63, 3.8) is 0 Å². The lowest BCUT2D eigenvalue weighted by atomic mass is 10.1. The monoisotopic (exact) mass is 294 g/mol. The van der Waals surface area contributed by atoms with Crippen molar-refractivity contribution in [2.75, 3.05) is 11.9 Å². The second kappa shape index (κ2) is 9.91. The number of carbonyl (C=O) groups excluding carboxylic acids is 2. The van der Waals surface area contributed by atoms with Gasteiger partial charge in [0.05, 0.1) is 6.54 Å². The van der Waals surface area contributed by atoms with Crippen LogP contribution in [0.5, 0.6) is 0 Å². The van der Waals surface area contributed by atoms with E-state index in [2.05, 4.69) is 17.6 Å². The van der Waals surface area contributed by atoms with Gasteiger partial charge >= 0.3 is 0 Å². The van der Waals surface area contributed by atoms with E-state index in [0.29, 0.717) is 12.1 Å². The number of benzene rings is 1. The van der Waals surface area contributed by atoms with E-state index in [1.807, 2.05) is 0 Å². The van der Waals surface area contributed by atoms with Gasteiger partial charge in [0.15, 0.2) is 0 Å². The number of nitrogens with one attached hydrogen (secondary N) is 2. The van der Waals surface area contributed by atoms with Gasteiger partial charge in [0.2, 0.25) is 11.8 Å². The molecule has 5 heteroatoms. The molecule has 0 aliphatic rings. The average molecular weight is 294 g/mol. The molecule has 1 rings (SSSR count). The van der Waals surface area contributed by atoms with Crippen LogP contribution in [0.2, 0.25) is 0 Å². The number of halogens is 1. The summed E-state index contributed by atoms with van der Waals surface area (Å²) < 4.78 is 12.7. The highest BCUT2D eigenvalue weighted by atomic mass is 19.1. The number of carbonyl (C=O) groups is 2. The fourth-order valence-electron chi connectivity index (χ4n) is 1.89. The normalized spacial score (nSPS) is 10.2. The highest BCUT2D eigenvalue weighted by Crippen LogP contribution is 2.08. The molecular formula is C16H23FN2O2. The predicted molar refractivity (Wildman–Crippen MR) is 81.4 cm³/mol. The summed E-state index contributed by atoms with van der Waals surface area (Å²) in [6, 6.07) is 5.49. The molecule has 116 valence electrons. The Hall–Kier alpha value is -1.91. The van der Waals surface area contributed by atoms with Crippen molar-refractivity contribution in [3.05, 3.63) is 30.1 Å². The number of unbranched alkanes of at least 4 members (excludes halogenated alkanes) is 4. The van der Waals surface area contributed by atoms with E-state index in [-0.39, 0.29) is 24.2 Å². The van der Waals surface area contributed by atoms with Crippen LogP contribution in [0.25, 0.3) is 0 Å². The minimum Gasteiger partial charge on any atom is -0.347 e. The minimum absolute atomic E-state index is 0.0643. The largest absolute Gasteiger partial charge is 0.347 e. The summed E-state index contributed by atoms with van der Waals surface area (Å²) in [5.41, 5.74) is 0.509. The fraction of sp³-hybridized carbons (Fsp3) is 0.500. The van der Waals surface area contributed by atoms with Crippen molar-refractivity contribution in [2.45, 2.75) is 45.4 Å². The molecule has 0 atom stereocenters. The van der Waals surface area contributed by atoms with Gasteiger partial charge in [0, 0.05) is 12.1 Å². The van der Waals surface area contributed by atoms with Gasteiger partial charge in [-0.15, -0.1) is 0 Å². The van der Waals surface area contributed by atoms with Gasteiger partial charge in [-0.1, -0.05) is 32.6 Å². The first-order valence-electron chi connectivity index (χ1n) is 7.44. The van der Waals surface area contributed by atoms with Crippen molar-refractivity contribution in [2.24, 2.45) is 0 Å². The summed E-state index contributed by atoms with van der Waals surface area (Å²) in [4.78, 5) is 23.1. The molecule has 0 unspecified atom stereocenters. The first-order chi connectivity index (χ1) is 10.1. The molecule has 2 amide bonds. The Morgan fingerprint density at radius 3 is 2.33 bits per heavy atom. The zero-order chi connectivity index (χ0) is 15.5. The molecule has 1 aromatic carbocycles. The minimum atomic E-state index is -0.357. The number of hydrogen-bond donors (Lipinski definition) is 2. The number of hydrogen-bond acceptors (Lipinski definition) is 2. The van der Waals surface area contributed by atoms with Crippen molar-refractivity contribution < 1.29 is 14.0 Å². The van der Waals surface area contributed by atoms with Crippen LogP contribution < -0.4 is 10.6 Å². The lowest BCUT2D eigenvalue weighted by molar-refractivity contribution is -0.124. The van der Waals surface area contributed by atoms with Crippen molar-refractivity contribution in [1.82, 2.24) is 5.32 Å². The highest BCUT2D eigenvalue weighted by molar-refractivity contribution is 5.94. The van der Waals surface area contributed by atoms with E-state index in [9.17, 15) is 14.0 Å². The third-order valence-corrected chi connectivity index (χ3v) is 3.08. The number of amides is 2. The fourth-order valence-corrected chi connectivity index (χ4v) is 1.89. The standard InChI is InChI=1S/C16H23FN2O2/c1-2-3-4-5-6-7-15(20)18-12-16(21)19-14-10-8-13(17)9-11-14/h8-11H,2-7,12H2,1H3,(H,18,20)(H,19,21). The summed E-state index contributed by atoms with van der Waals surface area (Å²) in [6.07, 6.45) is 5.87. The summed E-state index contributed by atoms with van der Waals surface area (Å²) in [7, 11) is 0. The SMILES string of the molecule is CCCCCCCC(=O)NCC(=O)Nc1ccc(F)cc1. The zero-order valence-corrected chi connectivity index (χ0v) is 12.5. The number of rotatable bonds is 9. The molecule has 21 heavy (non-hydrogen) atoms. The van der Waals surface area contributed by atoms with Gasteiger partial charge in [-0.2, -0.15) is 0 Å². The molecule has 0 spiro atoms. The summed E-state index contributed by atoms with van der Waals surface area (Å²) in [5, 5.41) is 5.17. The summed E-state index contributed by atoms with van der Waals surface area (Å²) >= 11 is 0. The van der Waals surface area contributed by atoms with Crippen LogP contribution in [0.15, 0.2) is 24.3 Å². The summed E-state index contributed by atoms with van der Waals surface area (Å²) in [6.45, 7) is 2.08. The Balaban J connectivity index is 2.14. The van der Waals surface area contributed by atoms with Crippen LogP contribution >= 0.6 is 0 Å². The van der Waals surface area contributed by atoms with E-state index in [0.717, 1.165) is 19.3 Å². The van der Waals surface area contributed by atoms with Crippen LogP contribution in [0.1, 0.15) is 45.4 Å². The van der Waals surface area contributed by atoms with E-state index in [1.54, 1.807) is 0 Å². The van der Waals surface area contributed by atoms with Crippen LogP contribution in [0.3, 0.4) is 0 Å². The molecule has 0 bridgehead atoms. The van der Waals surface area contributed by atoms with E-state index in [4.69, 9.17) is 0 Å². The quantitative estimate of drug-likeness (QED) is 0.687. The van der Waals surface area contributed by atoms with Gasteiger partial charge in [-0.3, -0.25) is 9.59 Å². The third kappa shape index (κ3) is 8.07. The predicted octanol–water partition coefficient (Wildman–Crippen LogP) is 3.24. The molecule has 0 aliphatic heterocycles. The highest BCUT2D eigenvalue weighted by Gasteiger charge is 2.06. The molecule has 2 N–H and O–H groups in total. The van der Waals surface area contributed by atoms with E-state index >= 15 is 0 Å². The maximum atomic E-state index is 12.7. The van der Waals surface area contributed by atoms with Crippen LogP contribution in [-0.2, 0) is 9.59 Å². The Morgan fingerprint density at radius 1 is 1.00 bits per heavy atom. The Labute approximate surface area is 125 Å². The van der Waals surface area contributed by atoms with Crippen molar-refractivity contribution in [1.29, 1.82) is 0 Å². The second-order valence-corrected chi connectivity index (χ2v) is 5.00. The molecule has 0 radical (unpaired) electrons. The molecule has 0 aliphatic carbocycles. The lowest BCUT2D eigenvalue weighted by Gasteiger charge is -2.07. The Kier molecular flexibility index (Phi) is 8.09. The van der Waals surface area contributed by atoms with Gasteiger partial charge in [-0.25, -0.2) is 4.39 Å². The molecule has 0 saturated heterocycles. The first-order valence-corrected chi connectivity index (χ1v) is 7.44. The van der Waals surface area contributed by atoms with Crippen LogP contribution in [-0.4, -0.2) is 18.4 Å². The van der Waals surface area contributed by atoms with Gasteiger partial charge in [0.1, 0.15) is 5.82 Å².